The van der Waals surface area contributed by atoms with E-state index in [0.29, 0.717) is 18.8 Å². The van der Waals surface area contributed by atoms with Gasteiger partial charge in [-0.3, -0.25) is 9.59 Å². The number of para-hydroxylation sites is 2. The number of rotatable bonds is 8. The van der Waals surface area contributed by atoms with Gasteiger partial charge in [0, 0.05) is 11.4 Å². The predicted molar refractivity (Wildman–Crippen MR) is 225 cm³/mol. The number of anilines is 2. The molecule has 3 atom stereocenters. The third-order valence-corrected chi connectivity index (χ3v) is 21.9. The van der Waals surface area contributed by atoms with Gasteiger partial charge in [0.05, 0.1) is 13.1 Å². The van der Waals surface area contributed by atoms with Crippen molar-refractivity contribution in [2.24, 2.45) is 0 Å². The first-order chi connectivity index (χ1) is 25.3. The molecular formula is C46H56N2O4Si2. The van der Waals surface area contributed by atoms with E-state index in [1.807, 2.05) is 82.6 Å². The Morgan fingerprint density at radius 3 is 1.57 bits per heavy atom. The molecule has 0 saturated carbocycles. The van der Waals surface area contributed by atoms with Gasteiger partial charge in [0.15, 0.2) is 8.32 Å². The summed E-state index contributed by atoms with van der Waals surface area (Å²) in [4.78, 5) is 35.9. The Morgan fingerprint density at radius 1 is 0.611 bits per heavy atom. The van der Waals surface area contributed by atoms with Crippen molar-refractivity contribution in [2.45, 2.75) is 114 Å². The molecule has 0 unspecified atom stereocenters. The van der Waals surface area contributed by atoms with Crippen molar-refractivity contribution in [3.05, 3.63) is 143 Å². The van der Waals surface area contributed by atoms with Crippen LogP contribution in [0.25, 0.3) is 0 Å². The van der Waals surface area contributed by atoms with Crippen LogP contribution >= 0.6 is 0 Å². The van der Waals surface area contributed by atoms with E-state index in [1.54, 1.807) is 0 Å². The lowest BCUT2D eigenvalue weighted by Crippen LogP contribution is -2.63. The second-order valence-corrected chi connectivity index (χ2v) is 28.0. The quantitative estimate of drug-likeness (QED) is 0.168. The fourth-order valence-electron chi connectivity index (χ4n) is 8.13. The van der Waals surface area contributed by atoms with Gasteiger partial charge in [-0.2, -0.15) is 0 Å². The molecule has 282 valence electrons. The van der Waals surface area contributed by atoms with E-state index in [1.165, 1.54) is 0 Å². The third kappa shape index (κ3) is 5.92. The lowest BCUT2D eigenvalue weighted by atomic mass is 9.53. The van der Waals surface area contributed by atoms with Crippen molar-refractivity contribution >= 4 is 39.8 Å². The first kappa shape index (κ1) is 38.0. The summed E-state index contributed by atoms with van der Waals surface area (Å²) in [6, 6.07) is 36.5. The molecule has 2 aliphatic heterocycles. The molecule has 0 radical (unpaired) electrons. The number of nitrogens with zero attached hydrogens (tertiary/aromatic N) is 2. The predicted octanol–water partition coefficient (Wildman–Crippen LogP) is 10.7. The highest BCUT2D eigenvalue weighted by Gasteiger charge is 2.72. The summed E-state index contributed by atoms with van der Waals surface area (Å²) in [6.45, 7) is 23.2. The highest BCUT2D eigenvalue weighted by molar-refractivity contribution is 6.75. The fraction of sp³-hybridized carbons (Fsp3) is 0.391. The van der Waals surface area contributed by atoms with Crippen molar-refractivity contribution in [2.75, 3.05) is 9.80 Å². The van der Waals surface area contributed by atoms with Gasteiger partial charge in [-0.15, -0.1) is 0 Å². The number of benzene rings is 4. The Bertz CT molecular complexity index is 2100. The van der Waals surface area contributed by atoms with E-state index in [2.05, 4.69) is 110 Å². The average Bonchev–Trinajstić information content (AvgIpc) is 3.48. The van der Waals surface area contributed by atoms with Crippen LogP contribution < -0.4 is 9.80 Å². The molecule has 54 heavy (non-hydrogen) atoms. The Kier molecular flexibility index (Phi) is 9.30. The van der Waals surface area contributed by atoms with Gasteiger partial charge in [0.25, 0.3) is 0 Å². The standard InChI is InChI=1S/C46H56N2O4Si2/c1-43(2,3)53(7,8)51-39-29-45(35-25-17-19-27-37(35)47(41(45)49)31-33-21-13-11-14-22-33)46(30-40(39)52-54(9,10)44(4,5)6)36-26-18-20-28-38(36)48(42(46)50)32-34-23-15-12-16-24-34/h11-29,40H,30-32H2,1-10H3/t40-,45+,46+/m1/s1. The molecule has 3 aliphatic rings. The summed E-state index contributed by atoms with van der Waals surface area (Å²) in [7, 11) is -4.92. The van der Waals surface area contributed by atoms with Crippen LogP contribution in [0.15, 0.2) is 121 Å². The smallest absolute Gasteiger partial charge is 0.250 e. The summed E-state index contributed by atoms with van der Waals surface area (Å²) >= 11 is 0. The zero-order valence-corrected chi connectivity index (χ0v) is 35.7. The van der Waals surface area contributed by atoms with Gasteiger partial charge in [0.1, 0.15) is 22.7 Å². The van der Waals surface area contributed by atoms with E-state index >= 15 is 9.59 Å². The second-order valence-electron chi connectivity index (χ2n) is 18.5. The van der Waals surface area contributed by atoms with Gasteiger partial charge in [-0.25, -0.2) is 0 Å². The zero-order chi connectivity index (χ0) is 38.9. The monoisotopic (exact) mass is 756 g/mol. The summed E-state index contributed by atoms with van der Waals surface area (Å²) < 4.78 is 14.8. The summed E-state index contributed by atoms with van der Waals surface area (Å²) in [5.74, 6) is 0.497. The molecular weight excluding hydrogens is 701 g/mol. The number of hydrogen-bond acceptors (Lipinski definition) is 4. The maximum Gasteiger partial charge on any atom is 0.250 e. The highest BCUT2D eigenvalue weighted by atomic mass is 28.4. The lowest BCUT2D eigenvalue weighted by molar-refractivity contribution is -0.135. The van der Waals surface area contributed by atoms with E-state index in [0.717, 1.165) is 33.6 Å². The molecule has 2 amide bonds. The second kappa shape index (κ2) is 13.2. The Labute approximate surface area is 324 Å². The SMILES string of the molecule is CC(C)(C)[Si](C)(C)OC1=C[C@]2(C(=O)N(Cc3ccccc3)c3ccccc32)[C@]2(C[C@H]1O[Si](C)(C)C(C)(C)C)C(=O)N(Cc1ccccc1)c1ccccc12. The van der Waals surface area contributed by atoms with Crippen LogP contribution in [0.2, 0.25) is 36.3 Å². The van der Waals surface area contributed by atoms with Crippen LogP contribution in [0.4, 0.5) is 11.4 Å². The maximum atomic E-state index is 16.0. The molecule has 4 aromatic carbocycles. The third-order valence-electron chi connectivity index (χ3n) is 13.1. The van der Waals surface area contributed by atoms with Crippen molar-refractivity contribution in [1.82, 2.24) is 0 Å². The molecule has 6 nitrogen and oxygen atoms in total. The Morgan fingerprint density at radius 2 is 1.06 bits per heavy atom. The van der Waals surface area contributed by atoms with Crippen LogP contribution in [0, 0.1) is 0 Å². The molecule has 0 N–H and O–H groups in total. The largest absolute Gasteiger partial charge is 0.545 e. The van der Waals surface area contributed by atoms with Crippen molar-refractivity contribution < 1.29 is 18.4 Å². The Balaban J connectivity index is 1.54. The Hall–Kier alpha value is -4.25. The molecule has 7 rings (SSSR count). The van der Waals surface area contributed by atoms with Crippen LogP contribution in [-0.2, 0) is 42.4 Å². The first-order valence-corrected chi connectivity index (χ1v) is 25.2. The minimum Gasteiger partial charge on any atom is -0.545 e. The van der Waals surface area contributed by atoms with Crippen LogP contribution in [-0.4, -0.2) is 34.6 Å². The molecule has 1 aliphatic carbocycles. The van der Waals surface area contributed by atoms with Crippen LogP contribution in [0.1, 0.15) is 70.2 Å². The number of carbonyl (C=O) groups excluding carboxylic acids is 2. The van der Waals surface area contributed by atoms with Crippen LogP contribution in [0.5, 0.6) is 0 Å². The summed E-state index contributed by atoms with van der Waals surface area (Å²) in [5.41, 5.74) is 2.69. The van der Waals surface area contributed by atoms with E-state index in [4.69, 9.17) is 8.85 Å². The molecule has 4 aromatic rings. The van der Waals surface area contributed by atoms with Crippen molar-refractivity contribution in [1.29, 1.82) is 0 Å². The van der Waals surface area contributed by atoms with Crippen LogP contribution in [0.3, 0.4) is 0 Å². The number of amides is 2. The van der Waals surface area contributed by atoms with E-state index in [-0.39, 0.29) is 28.3 Å². The maximum absolute atomic E-state index is 16.0. The molecule has 2 heterocycles. The van der Waals surface area contributed by atoms with Gasteiger partial charge < -0.3 is 18.7 Å². The molecule has 2 spiro atoms. The number of hydrogen-bond donors (Lipinski definition) is 0. The molecule has 0 bridgehead atoms. The topological polar surface area (TPSA) is 59.1 Å². The van der Waals surface area contributed by atoms with Gasteiger partial charge in [0.2, 0.25) is 20.1 Å². The van der Waals surface area contributed by atoms with Crippen molar-refractivity contribution in [3.63, 3.8) is 0 Å². The number of carbonyl (C=O) groups is 2. The lowest BCUT2D eigenvalue weighted by Gasteiger charge is -2.52. The minimum atomic E-state index is -2.47. The minimum absolute atomic E-state index is 0.0799. The first-order valence-electron chi connectivity index (χ1n) is 19.3. The average molecular weight is 757 g/mol. The summed E-state index contributed by atoms with van der Waals surface area (Å²) in [6.07, 6.45) is 1.81. The van der Waals surface area contributed by atoms with E-state index in [9.17, 15) is 0 Å². The van der Waals surface area contributed by atoms with Gasteiger partial charge in [-0.1, -0.05) is 139 Å². The molecule has 0 saturated heterocycles. The molecule has 8 heteroatoms. The zero-order valence-electron chi connectivity index (χ0n) is 33.7. The highest BCUT2D eigenvalue weighted by Crippen LogP contribution is 2.64. The fourth-order valence-corrected chi connectivity index (χ4v) is 10.5. The number of fused-ring (bicyclic) bond motifs is 5. The van der Waals surface area contributed by atoms with E-state index < -0.39 is 33.6 Å². The van der Waals surface area contributed by atoms with Crippen molar-refractivity contribution in [3.8, 4) is 0 Å². The summed E-state index contributed by atoms with van der Waals surface area (Å²) in [5, 5.41) is -0.215. The van der Waals surface area contributed by atoms with Gasteiger partial charge in [-0.05, 0) is 83.1 Å². The molecule has 0 aromatic heterocycles. The normalized spacial score (nSPS) is 22.9. The van der Waals surface area contributed by atoms with Gasteiger partial charge >= 0.3 is 0 Å². The molecule has 0 fully saturated rings.